The summed E-state index contributed by atoms with van der Waals surface area (Å²) in [5, 5.41) is 1.45. The molecular formula is C22H36BNO3Si. The van der Waals surface area contributed by atoms with E-state index in [0.29, 0.717) is 0 Å². The molecule has 6 heteroatoms. The lowest BCUT2D eigenvalue weighted by Crippen LogP contribution is -2.41. The normalized spacial score (nSPS) is 19.5. The third-order valence-corrected chi connectivity index (χ3v) is 11.5. The van der Waals surface area contributed by atoms with Crippen molar-refractivity contribution in [2.75, 3.05) is 6.61 Å². The van der Waals surface area contributed by atoms with E-state index in [2.05, 4.69) is 96.6 Å². The van der Waals surface area contributed by atoms with E-state index in [-0.39, 0.29) is 23.4 Å². The molecule has 1 aromatic heterocycles. The zero-order valence-electron chi connectivity index (χ0n) is 19.1. The fraction of sp³-hybridized carbons (Fsp3) is 0.636. The molecule has 2 aromatic rings. The van der Waals surface area contributed by atoms with Crippen molar-refractivity contribution in [1.29, 1.82) is 0 Å². The summed E-state index contributed by atoms with van der Waals surface area (Å²) in [6.45, 7) is 21.4. The van der Waals surface area contributed by atoms with Gasteiger partial charge in [-0.25, -0.2) is 0 Å². The minimum atomic E-state index is -1.71. The van der Waals surface area contributed by atoms with Gasteiger partial charge in [-0.2, -0.15) is 0 Å². The highest BCUT2D eigenvalue weighted by molar-refractivity contribution is 6.74. The molecule has 0 saturated carbocycles. The van der Waals surface area contributed by atoms with Gasteiger partial charge in [0.2, 0.25) is 0 Å². The third kappa shape index (κ3) is 3.97. The van der Waals surface area contributed by atoms with Crippen molar-refractivity contribution in [3.05, 3.63) is 30.5 Å². The summed E-state index contributed by atoms with van der Waals surface area (Å²) in [5.41, 5.74) is 1.65. The molecule has 154 valence electrons. The number of hydrogen-bond donors (Lipinski definition) is 0. The number of benzene rings is 1. The summed E-state index contributed by atoms with van der Waals surface area (Å²) in [6.07, 6.45) is 2.15. The van der Waals surface area contributed by atoms with Crippen molar-refractivity contribution < 1.29 is 13.7 Å². The van der Waals surface area contributed by atoms with Crippen LogP contribution < -0.4 is 5.46 Å². The Morgan fingerprint density at radius 3 is 2.21 bits per heavy atom. The molecule has 0 N–H and O–H groups in total. The summed E-state index contributed by atoms with van der Waals surface area (Å²) in [4.78, 5) is 0. The average molecular weight is 401 g/mol. The summed E-state index contributed by atoms with van der Waals surface area (Å²) in [6, 6.07) is 8.64. The molecule has 3 rings (SSSR count). The van der Waals surface area contributed by atoms with Gasteiger partial charge in [0.25, 0.3) is 0 Å². The van der Waals surface area contributed by atoms with Gasteiger partial charge < -0.3 is 18.3 Å². The molecule has 0 atom stereocenters. The molecular weight excluding hydrogens is 365 g/mol. The Hall–Kier alpha value is -1.08. The fourth-order valence-corrected chi connectivity index (χ4v) is 4.19. The highest BCUT2D eigenvalue weighted by Crippen LogP contribution is 2.37. The van der Waals surface area contributed by atoms with Crippen LogP contribution in [-0.2, 0) is 20.3 Å². The van der Waals surface area contributed by atoms with E-state index < -0.39 is 8.32 Å². The fourth-order valence-electron chi connectivity index (χ4n) is 3.16. The Bertz CT molecular complexity index is 835. The van der Waals surface area contributed by atoms with Crippen LogP contribution in [0.15, 0.2) is 30.5 Å². The van der Waals surface area contributed by atoms with Gasteiger partial charge in [0, 0.05) is 18.3 Å². The highest BCUT2D eigenvalue weighted by atomic mass is 28.4. The Morgan fingerprint density at radius 2 is 1.64 bits per heavy atom. The van der Waals surface area contributed by atoms with Crippen molar-refractivity contribution in [3.63, 3.8) is 0 Å². The monoisotopic (exact) mass is 401 g/mol. The summed E-state index contributed by atoms with van der Waals surface area (Å²) in [5.74, 6) is 0. The van der Waals surface area contributed by atoms with Gasteiger partial charge in [-0.15, -0.1) is 0 Å². The Balaban J connectivity index is 1.72. The number of fused-ring (bicyclic) bond motifs is 1. The quantitative estimate of drug-likeness (QED) is 0.664. The zero-order valence-corrected chi connectivity index (χ0v) is 20.1. The lowest BCUT2D eigenvalue weighted by molar-refractivity contribution is 0.00578. The van der Waals surface area contributed by atoms with Crippen LogP contribution in [0.25, 0.3) is 10.9 Å². The molecule has 0 radical (unpaired) electrons. The summed E-state index contributed by atoms with van der Waals surface area (Å²) >= 11 is 0. The van der Waals surface area contributed by atoms with E-state index >= 15 is 0 Å². The van der Waals surface area contributed by atoms with Gasteiger partial charge in [0.05, 0.1) is 17.8 Å². The Kier molecular flexibility index (Phi) is 5.41. The number of aromatic nitrogens is 1. The maximum atomic E-state index is 6.35. The smallest absolute Gasteiger partial charge is 0.415 e. The van der Waals surface area contributed by atoms with E-state index in [1.807, 2.05) is 0 Å². The second-order valence-corrected chi connectivity index (χ2v) is 15.3. The van der Waals surface area contributed by atoms with Crippen LogP contribution in [0.5, 0.6) is 0 Å². The van der Waals surface area contributed by atoms with Crippen LogP contribution in [0.4, 0.5) is 0 Å². The minimum Gasteiger partial charge on any atom is -0.415 e. The molecule has 0 unspecified atom stereocenters. The average Bonchev–Trinajstić information content (AvgIpc) is 3.04. The van der Waals surface area contributed by atoms with E-state index in [9.17, 15) is 0 Å². The van der Waals surface area contributed by atoms with Gasteiger partial charge >= 0.3 is 7.12 Å². The first-order valence-electron chi connectivity index (χ1n) is 10.3. The maximum Gasteiger partial charge on any atom is 0.494 e. The summed E-state index contributed by atoms with van der Waals surface area (Å²) in [7, 11) is -2.03. The van der Waals surface area contributed by atoms with Crippen LogP contribution in [0.2, 0.25) is 18.1 Å². The van der Waals surface area contributed by atoms with Crippen molar-refractivity contribution in [3.8, 4) is 0 Å². The van der Waals surface area contributed by atoms with Crippen molar-refractivity contribution in [1.82, 2.24) is 4.57 Å². The standard InChI is InChI=1S/C22H36BNO3Si/c1-20(2,3)28(8,9)25-15-14-24-13-12-17-16-18(10-11-19(17)24)23-26-21(4,5)22(6,7)27-23/h10-13,16H,14-15H2,1-9H3. The number of rotatable bonds is 5. The van der Waals surface area contributed by atoms with E-state index in [0.717, 1.165) is 18.6 Å². The molecule has 2 heterocycles. The molecule has 4 nitrogen and oxygen atoms in total. The zero-order chi connectivity index (χ0) is 21.0. The van der Waals surface area contributed by atoms with Gasteiger partial charge in [-0.3, -0.25) is 0 Å². The predicted octanol–water partition coefficient (Wildman–Crippen LogP) is 4.96. The van der Waals surface area contributed by atoms with E-state index in [1.165, 1.54) is 10.9 Å². The molecule has 1 saturated heterocycles. The van der Waals surface area contributed by atoms with Gasteiger partial charge in [0.15, 0.2) is 8.32 Å². The molecule has 0 spiro atoms. The third-order valence-electron chi connectivity index (χ3n) is 6.92. The summed E-state index contributed by atoms with van der Waals surface area (Å²) < 4.78 is 21.0. The molecule has 1 fully saturated rings. The van der Waals surface area contributed by atoms with Gasteiger partial charge in [0.1, 0.15) is 0 Å². The molecule has 0 aliphatic carbocycles. The largest absolute Gasteiger partial charge is 0.494 e. The lowest BCUT2D eigenvalue weighted by Gasteiger charge is -2.36. The highest BCUT2D eigenvalue weighted by Gasteiger charge is 2.51. The van der Waals surface area contributed by atoms with Crippen LogP contribution in [0.3, 0.4) is 0 Å². The SMILES string of the molecule is CC1(C)OB(c2ccc3c(ccn3CCO[Si](C)(C)C(C)(C)C)c2)OC1(C)C. The molecule has 1 aromatic carbocycles. The van der Waals surface area contributed by atoms with Gasteiger partial charge in [-0.05, 0) is 68.8 Å². The van der Waals surface area contributed by atoms with Crippen LogP contribution >= 0.6 is 0 Å². The first-order valence-corrected chi connectivity index (χ1v) is 13.2. The molecule has 0 bridgehead atoms. The van der Waals surface area contributed by atoms with Crippen molar-refractivity contribution in [2.24, 2.45) is 0 Å². The van der Waals surface area contributed by atoms with Crippen molar-refractivity contribution >= 4 is 31.8 Å². The Morgan fingerprint density at radius 1 is 1.04 bits per heavy atom. The second kappa shape index (κ2) is 7.01. The molecule has 28 heavy (non-hydrogen) atoms. The number of hydrogen-bond acceptors (Lipinski definition) is 3. The first kappa shape index (κ1) is 21.6. The Labute approximate surface area is 171 Å². The maximum absolute atomic E-state index is 6.35. The second-order valence-electron chi connectivity index (χ2n) is 10.5. The first-order chi connectivity index (χ1) is 12.7. The topological polar surface area (TPSA) is 32.6 Å². The minimum absolute atomic E-state index is 0.240. The van der Waals surface area contributed by atoms with Gasteiger partial charge in [-0.1, -0.05) is 32.9 Å². The van der Waals surface area contributed by atoms with Crippen LogP contribution in [0, 0.1) is 0 Å². The molecule has 0 amide bonds. The van der Waals surface area contributed by atoms with E-state index in [1.54, 1.807) is 0 Å². The lowest BCUT2D eigenvalue weighted by atomic mass is 9.79. The molecule has 1 aliphatic heterocycles. The van der Waals surface area contributed by atoms with E-state index in [4.69, 9.17) is 13.7 Å². The van der Waals surface area contributed by atoms with Crippen molar-refractivity contribution in [2.45, 2.75) is 84.3 Å². The number of nitrogens with zero attached hydrogens (tertiary/aromatic N) is 1. The predicted molar refractivity (Wildman–Crippen MR) is 121 cm³/mol. The van der Waals surface area contributed by atoms with Crippen LogP contribution in [-0.4, -0.2) is 37.8 Å². The molecule has 1 aliphatic rings. The van der Waals surface area contributed by atoms with Crippen LogP contribution in [0.1, 0.15) is 48.5 Å².